The van der Waals surface area contributed by atoms with Gasteiger partial charge in [-0.15, -0.1) is 0 Å². The van der Waals surface area contributed by atoms with Crippen LogP contribution in [0.2, 0.25) is 10.0 Å². The van der Waals surface area contributed by atoms with Gasteiger partial charge in [-0.05, 0) is 24.6 Å². The van der Waals surface area contributed by atoms with Crippen LogP contribution in [0.4, 0.5) is 0 Å². The number of benzene rings is 1. The van der Waals surface area contributed by atoms with Crippen molar-refractivity contribution < 1.29 is 4.79 Å². The lowest BCUT2D eigenvalue weighted by Crippen LogP contribution is -2.00. The van der Waals surface area contributed by atoms with Gasteiger partial charge in [-0.2, -0.15) is 0 Å². The second kappa shape index (κ2) is 4.45. The Morgan fingerprint density at radius 3 is 2.54 bits per heavy atom. The molecule has 1 rings (SSSR count). The van der Waals surface area contributed by atoms with Gasteiger partial charge in [-0.3, -0.25) is 4.79 Å². The third-order valence-electron chi connectivity index (χ3n) is 1.65. The van der Waals surface area contributed by atoms with E-state index in [1.165, 1.54) is 0 Å². The van der Waals surface area contributed by atoms with E-state index in [9.17, 15) is 4.79 Å². The molecule has 0 heterocycles. The van der Waals surface area contributed by atoms with Crippen LogP contribution in [0.1, 0.15) is 15.9 Å². The Morgan fingerprint density at radius 1 is 1.46 bits per heavy atom. The maximum atomic E-state index is 11.3. The fourth-order valence-electron chi connectivity index (χ4n) is 0.965. The van der Waals surface area contributed by atoms with Crippen molar-refractivity contribution in [1.82, 2.24) is 0 Å². The van der Waals surface area contributed by atoms with Crippen molar-refractivity contribution in [1.29, 1.82) is 0 Å². The first kappa shape index (κ1) is 11.0. The standard InChI is InChI=1S/C9H7BrCl2O/c1-5-2-6(8(13)4-10)3-7(11)9(5)12/h2-3H,4H2,1H3. The van der Waals surface area contributed by atoms with E-state index >= 15 is 0 Å². The zero-order chi connectivity index (χ0) is 10.0. The van der Waals surface area contributed by atoms with Gasteiger partial charge in [0.15, 0.2) is 5.78 Å². The molecule has 0 radical (unpaired) electrons. The van der Waals surface area contributed by atoms with E-state index in [1.807, 2.05) is 6.92 Å². The number of alkyl halides is 1. The number of carbonyl (C=O) groups is 1. The summed E-state index contributed by atoms with van der Waals surface area (Å²) in [6.45, 7) is 1.82. The molecule has 0 aliphatic carbocycles. The van der Waals surface area contributed by atoms with Crippen LogP contribution in [0.15, 0.2) is 12.1 Å². The highest BCUT2D eigenvalue weighted by Crippen LogP contribution is 2.27. The minimum atomic E-state index is 0.00154. The molecule has 70 valence electrons. The topological polar surface area (TPSA) is 17.1 Å². The molecule has 13 heavy (non-hydrogen) atoms. The molecule has 0 saturated carbocycles. The Morgan fingerprint density at radius 2 is 2.08 bits per heavy atom. The van der Waals surface area contributed by atoms with Gasteiger partial charge in [0.25, 0.3) is 0 Å². The lowest BCUT2D eigenvalue weighted by Gasteiger charge is -2.03. The van der Waals surface area contributed by atoms with Gasteiger partial charge in [-0.25, -0.2) is 0 Å². The molecular weight excluding hydrogens is 275 g/mol. The summed E-state index contributed by atoms with van der Waals surface area (Å²) < 4.78 is 0. The molecule has 0 N–H and O–H groups in total. The van der Waals surface area contributed by atoms with Gasteiger partial charge in [0.2, 0.25) is 0 Å². The molecule has 4 heteroatoms. The Balaban J connectivity index is 3.20. The predicted octanol–water partition coefficient (Wildman–Crippen LogP) is 3.88. The summed E-state index contributed by atoms with van der Waals surface area (Å²) in [5, 5.41) is 1.23. The Labute approximate surface area is 95.2 Å². The summed E-state index contributed by atoms with van der Waals surface area (Å²) in [6, 6.07) is 3.32. The molecule has 0 aromatic heterocycles. The summed E-state index contributed by atoms with van der Waals surface area (Å²) in [7, 11) is 0. The lowest BCUT2D eigenvalue weighted by atomic mass is 10.1. The van der Waals surface area contributed by atoms with Gasteiger partial charge >= 0.3 is 0 Å². The highest BCUT2D eigenvalue weighted by Gasteiger charge is 2.09. The normalized spacial score (nSPS) is 10.2. The summed E-state index contributed by atoms with van der Waals surface area (Å²) in [4.78, 5) is 11.3. The number of rotatable bonds is 2. The quantitative estimate of drug-likeness (QED) is 0.594. The predicted molar refractivity (Wildman–Crippen MR) is 59.3 cm³/mol. The maximum absolute atomic E-state index is 11.3. The van der Waals surface area contributed by atoms with Crippen molar-refractivity contribution in [2.24, 2.45) is 0 Å². The minimum Gasteiger partial charge on any atom is -0.293 e. The van der Waals surface area contributed by atoms with Crippen molar-refractivity contribution in [2.75, 3.05) is 5.33 Å². The fraction of sp³-hybridized carbons (Fsp3) is 0.222. The SMILES string of the molecule is Cc1cc(C(=O)CBr)cc(Cl)c1Cl. The number of Topliss-reactive ketones (excluding diaryl/α,β-unsaturated/α-hetero) is 1. The fourth-order valence-corrected chi connectivity index (χ4v) is 1.66. The van der Waals surface area contributed by atoms with Gasteiger partial charge in [0, 0.05) is 5.56 Å². The van der Waals surface area contributed by atoms with E-state index < -0.39 is 0 Å². The average molecular weight is 282 g/mol. The van der Waals surface area contributed by atoms with Crippen LogP contribution in [-0.4, -0.2) is 11.1 Å². The third kappa shape index (κ3) is 2.46. The van der Waals surface area contributed by atoms with Crippen LogP contribution in [-0.2, 0) is 0 Å². The van der Waals surface area contributed by atoms with Crippen LogP contribution in [0.25, 0.3) is 0 Å². The smallest absolute Gasteiger partial charge is 0.173 e. The Kier molecular flexibility index (Phi) is 3.77. The molecule has 0 atom stereocenters. The zero-order valence-electron chi connectivity index (χ0n) is 6.90. The summed E-state index contributed by atoms with van der Waals surface area (Å²) in [5.74, 6) is 0.00154. The first-order valence-electron chi connectivity index (χ1n) is 3.61. The monoisotopic (exact) mass is 280 g/mol. The van der Waals surface area contributed by atoms with Crippen LogP contribution < -0.4 is 0 Å². The number of aryl methyl sites for hydroxylation is 1. The molecule has 0 aliphatic rings. The van der Waals surface area contributed by atoms with Crippen LogP contribution >= 0.6 is 39.1 Å². The summed E-state index contributed by atoms with van der Waals surface area (Å²) >= 11 is 14.8. The van der Waals surface area contributed by atoms with Crippen molar-refractivity contribution >= 4 is 44.9 Å². The first-order chi connectivity index (χ1) is 6.06. The molecule has 0 spiro atoms. The second-order valence-electron chi connectivity index (χ2n) is 2.65. The van der Waals surface area contributed by atoms with Crippen LogP contribution in [0.5, 0.6) is 0 Å². The Hall–Kier alpha value is -0.0500. The average Bonchev–Trinajstić information content (AvgIpc) is 2.12. The molecule has 0 bridgehead atoms. The number of ketones is 1. The number of halogens is 3. The molecule has 0 fully saturated rings. The van der Waals surface area contributed by atoms with Crippen LogP contribution in [0, 0.1) is 6.92 Å². The molecule has 0 aliphatic heterocycles. The van der Waals surface area contributed by atoms with Crippen molar-refractivity contribution in [3.05, 3.63) is 33.3 Å². The van der Waals surface area contributed by atoms with E-state index in [2.05, 4.69) is 15.9 Å². The Bertz CT molecular complexity index is 326. The molecule has 1 aromatic carbocycles. The molecule has 0 saturated heterocycles. The molecule has 1 nitrogen and oxygen atoms in total. The van der Waals surface area contributed by atoms with Crippen LogP contribution in [0.3, 0.4) is 0 Å². The largest absolute Gasteiger partial charge is 0.293 e. The van der Waals surface area contributed by atoms with Gasteiger partial charge < -0.3 is 0 Å². The maximum Gasteiger partial charge on any atom is 0.173 e. The lowest BCUT2D eigenvalue weighted by molar-refractivity contribution is 0.102. The van der Waals surface area contributed by atoms with Crippen molar-refractivity contribution in [3.63, 3.8) is 0 Å². The third-order valence-corrected chi connectivity index (χ3v) is 3.06. The van der Waals surface area contributed by atoms with E-state index in [-0.39, 0.29) is 5.78 Å². The van der Waals surface area contributed by atoms with E-state index in [4.69, 9.17) is 23.2 Å². The molecule has 0 unspecified atom stereocenters. The minimum absolute atomic E-state index is 0.00154. The first-order valence-corrected chi connectivity index (χ1v) is 5.49. The highest BCUT2D eigenvalue weighted by molar-refractivity contribution is 9.09. The highest BCUT2D eigenvalue weighted by atomic mass is 79.9. The number of hydrogen-bond donors (Lipinski definition) is 0. The van der Waals surface area contributed by atoms with E-state index in [0.717, 1.165) is 5.56 Å². The van der Waals surface area contributed by atoms with Gasteiger partial charge in [0.05, 0.1) is 15.4 Å². The van der Waals surface area contributed by atoms with Gasteiger partial charge in [-0.1, -0.05) is 39.1 Å². The molecule has 0 amide bonds. The summed E-state index contributed by atoms with van der Waals surface area (Å²) in [6.07, 6.45) is 0. The zero-order valence-corrected chi connectivity index (χ0v) is 10.0. The van der Waals surface area contributed by atoms with Crippen molar-refractivity contribution in [2.45, 2.75) is 6.92 Å². The van der Waals surface area contributed by atoms with Gasteiger partial charge in [0.1, 0.15) is 0 Å². The number of hydrogen-bond acceptors (Lipinski definition) is 1. The van der Waals surface area contributed by atoms with E-state index in [0.29, 0.717) is 20.9 Å². The summed E-state index contributed by atoms with van der Waals surface area (Å²) in [5.41, 5.74) is 1.40. The molecular formula is C9H7BrCl2O. The second-order valence-corrected chi connectivity index (χ2v) is 3.99. The van der Waals surface area contributed by atoms with E-state index in [1.54, 1.807) is 12.1 Å². The number of carbonyl (C=O) groups excluding carboxylic acids is 1. The molecule has 1 aromatic rings. The van der Waals surface area contributed by atoms with Crippen molar-refractivity contribution in [3.8, 4) is 0 Å².